The van der Waals surface area contributed by atoms with Crippen molar-refractivity contribution in [1.29, 1.82) is 0 Å². The normalized spacial score (nSPS) is 10.9. The molecular formula is C23H23FN2O5. The standard InChI is InChI=1S/C23H23FN2O5/c1-13(2)11-25-22(28)16-7-4-5-10-18(16)26-19(27)12-30-23(29)20-14(3)15-8-6-9-17(24)21(15)31-20/h4-10,13H,11-12H2,1-3H3,(H,25,28)(H,26,27). The fourth-order valence-corrected chi connectivity index (χ4v) is 2.97. The molecule has 0 aliphatic rings. The van der Waals surface area contributed by atoms with Crippen LogP contribution in [-0.2, 0) is 9.53 Å². The highest BCUT2D eigenvalue weighted by molar-refractivity contribution is 6.04. The highest BCUT2D eigenvalue weighted by atomic mass is 19.1. The monoisotopic (exact) mass is 426 g/mol. The molecule has 0 saturated carbocycles. The van der Waals surface area contributed by atoms with Gasteiger partial charge in [-0.1, -0.05) is 38.1 Å². The van der Waals surface area contributed by atoms with Crippen molar-refractivity contribution < 1.29 is 27.9 Å². The van der Waals surface area contributed by atoms with Crippen molar-refractivity contribution in [2.75, 3.05) is 18.5 Å². The Balaban J connectivity index is 1.65. The molecule has 0 atom stereocenters. The van der Waals surface area contributed by atoms with E-state index in [1.165, 1.54) is 12.1 Å². The first-order valence-corrected chi connectivity index (χ1v) is 9.79. The number of halogens is 1. The Hall–Kier alpha value is -3.68. The minimum Gasteiger partial charge on any atom is -0.450 e. The van der Waals surface area contributed by atoms with E-state index in [1.54, 1.807) is 37.3 Å². The molecule has 31 heavy (non-hydrogen) atoms. The van der Waals surface area contributed by atoms with Crippen LogP contribution in [0.1, 0.15) is 40.3 Å². The summed E-state index contributed by atoms with van der Waals surface area (Å²) >= 11 is 0. The van der Waals surface area contributed by atoms with Crippen LogP contribution in [0.25, 0.3) is 11.0 Å². The molecule has 1 aromatic heterocycles. The third kappa shape index (κ3) is 5.09. The molecule has 3 aromatic rings. The number of rotatable bonds is 7. The van der Waals surface area contributed by atoms with Crippen LogP contribution >= 0.6 is 0 Å². The minimum absolute atomic E-state index is 0.0438. The second kappa shape index (κ2) is 9.42. The third-order valence-electron chi connectivity index (χ3n) is 4.55. The van der Waals surface area contributed by atoms with Crippen LogP contribution in [0.4, 0.5) is 10.1 Å². The van der Waals surface area contributed by atoms with Crippen LogP contribution in [0.15, 0.2) is 46.9 Å². The maximum absolute atomic E-state index is 13.9. The molecule has 162 valence electrons. The lowest BCUT2D eigenvalue weighted by atomic mass is 10.1. The Kier molecular flexibility index (Phi) is 6.69. The number of aryl methyl sites for hydroxylation is 1. The fourth-order valence-electron chi connectivity index (χ4n) is 2.97. The number of furan rings is 1. The molecule has 1 heterocycles. The molecule has 2 N–H and O–H groups in total. The van der Waals surface area contributed by atoms with E-state index in [-0.39, 0.29) is 23.2 Å². The van der Waals surface area contributed by atoms with Crippen molar-refractivity contribution in [3.8, 4) is 0 Å². The summed E-state index contributed by atoms with van der Waals surface area (Å²) in [5, 5.41) is 5.81. The molecule has 3 rings (SSSR count). The Morgan fingerprint density at radius 3 is 2.55 bits per heavy atom. The van der Waals surface area contributed by atoms with E-state index in [0.717, 1.165) is 0 Å². The van der Waals surface area contributed by atoms with Crippen molar-refractivity contribution in [2.24, 2.45) is 5.92 Å². The van der Waals surface area contributed by atoms with Gasteiger partial charge in [-0.25, -0.2) is 9.18 Å². The van der Waals surface area contributed by atoms with E-state index in [4.69, 9.17) is 9.15 Å². The Bertz CT molecular complexity index is 1140. The van der Waals surface area contributed by atoms with Gasteiger partial charge in [0.05, 0.1) is 11.3 Å². The molecular weight excluding hydrogens is 403 g/mol. The van der Waals surface area contributed by atoms with Gasteiger partial charge in [-0.15, -0.1) is 0 Å². The Labute approximate surface area is 178 Å². The second-order valence-electron chi connectivity index (χ2n) is 7.45. The Morgan fingerprint density at radius 2 is 1.84 bits per heavy atom. The smallest absolute Gasteiger partial charge is 0.375 e. The molecule has 2 amide bonds. The maximum Gasteiger partial charge on any atom is 0.375 e. The van der Waals surface area contributed by atoms with E-state index >= 15 is 0 Å². The molecule has 0 spiro atoms. The summed E-state index contributed by atoms with van der Waals surface area (Å²) < 4.78 is 24.2. The summed E-state index contributed by atoms with van der Waals surface area (Å²) in [5.41, 5.74) is 0.975. The SMILES string of the molecule is Cc1c(C(=O)OCC(=O)Nc2ccccc2C(=O)NCC(C)C)oc2c(F)cccc12. The van der Waals surface area contributed by atoms with Crippen molar-refractivity contribution in [1.82, 2.24) is 5.32 Å². The number of esters is 1. The number of benzene rings is 2. The van der Waals surface area contributed by atoms with Gasteiger partial charge in [0.1, 0.15) is 0 Å². The number of hydrogen-bond acceptors (Lipinski definition) is 5. The van der Waals surface area contributed by atoms with Gasteiger partial charge in [-0.3, -0.25) is 9.59 Å². The van der Waals surface area contributed by atoms with Crippen LogP contribution in [0.2, 0.25) is 0 Å². The number of anilines is 1. The lowest BCUT2D eigenvalue weighted by molar-refractivity contribution is -0.119. The molecule has 0 fully saturated rings. The highest BCUT2D eigenvalue weighted by Crippen LogP contribution is 2.27. The zero-order valence-corrected chi connectivity index (χ0v) is 17.5. The zero-order chi connectivity index (χ0) is 22.5. The van der Waals surface area contributed by atoms with Crippen LogP contribution in [0.3, 0.4) is 0 Å². The van der Waals surface area contributed by atoms with E-state index in [0.29, 0.717) is 28.7 Å². The predicted octanol–water partition coefficient (Wildman–Crippen LogP) is 4.06. The molecule has 2 aromatic carbocycles. The molecule has 0 unspecified atom stereocenters. The predicted molar refractivity (Wildman–Crippen MR) is 113 cm³/mol. The van der Waals surface area contributed by atoms with Gasteiger partial charge in [0.15, 0.2) is 18.0 Å². The lowest BCUT2D eigenvalue weighted by Crippen LogP contribution is -2.29. The molecule has 0 radical (unpaired) electrons. The van der Waals surface area contributed by atoms with E-state index in [9.17, 15) is 18.8 Å². The topological polar surface area (TPSA) is 97.6 Å². The van der Waals surface area contributed by atoms with Gasteiger partial charge in [0, 0.05) is 17.5 Å². The largest absolute Gasteiger partial charge is 0.450 e. The average molecular weight is 426 g/mol. The summed E-state index contributed by atoms with van der Waals surface area (Å²) in [5.74, 6) is -2.31. The van der Waals surface area contributed by atoms with Crippen LogP contribution in [0, 0.1) is 18.7 Å². The third-order valence-corrected chi connectivity index (χ3v) is 4.55. The quantitative estimate of drug-likeness (QED) is 0.555. The number of para-hydroxylation sites is 2. The first-order chi connectivity index (χ1) is 14.8. The minimum atomic E-state index is -0.883. The van der Waals surface area contributed by atoms with Crippen molar-refractivity contribution in [3.05, 3.63) is 65.2 Å². The van der Waals surface area contributed by atoms with Crippen LogP contribution < -0.4 is 10.6 Å². The summed E-state index contributed by atoms with van der Waals surface area (Å²) in [6.07, 6.45) is 0. The maximum atomic E-state index is 13.9. The van der Waals surface area contributed by atoms with Crippen molar-refractivity contribution >= 4 is 34.4 Å². The molecule has 0 aliphatic carbocycles. The van der Waals surface area contributed by atoms with Crippen molar-refractivity contribution in [3.63, 3.8) is 0 Å². The van der Waals surface area contributed by atoms with E-state index in [1.807, 2.05) is 13.8 Å². The van der Waals surface area contributed by atoms with Gasteiger partial charge in [0.2, 0.25) is 5.76 Å². The van der Waals surface area contributed by atoms with E-state index in [2.05, 4.69) is 10.6 Å². The summed E-state index contributed by atoms with van der Waals surface area (Å²) in [4.78, 5) is 37.0. The molecule has 0 saturated heterocycles. The van der Waals surface area contributed by atoms with Crippen molar-refractivity contribution in [2.45, 2.75) is 20.8 Å². The number of carbonyl (C=O) groups excluding carboxylic acids is 3. The number of amides is 2. The first-order valence-electron chi connectivity index (χ1n) is 9.79. The number of hydrogen-bond donors (Lipinski definition) is 2. The average Bonchev–Trinajstić information content (AvgIpc) is 3.09. The molecule has 7 nitrogen and oxygen atoms in total. The summed E-state index contributed by atoms with van der Waals surface area (Å²) in [6, 6.07) is 10.9. The Morgan fingerprint density at radius 1 is 1.10 bits per heavy atom. The van der Waals surface area contributed by atoms with Crippen LogP contribution in [-0.4, -0.2) is 30.9 Å². The molecule has 8 heteroatoms. The molecule has 0 bridgehead atoms. The fraction of sp³-hybridized carbons (Fsp3) is 0.261. The second-order valence-corrected chi connectivity index (χ2v) is 7.45. The molecule has 0 aliphatic heterocycles. The number of fused-ring (bicyclic) bond motifs is 1. The van der Waals surface area contributed by atoms with Gasteiger partial charge in [0.25, 0.3) is 11.8 Å². The van der Waals surface area contributed by atoms with Gasteiger partial charge >= 0.3 is 5.97 Å². The van der Waals surface area contributed by atoms with E-state index < -0.39 is 24.3 Å². The zero-order valence-electron chi connectivity index (χ0n) is 17.5. The van der Waals surface area contributed by atoms with Crippen LogP contribution in [0.5, 0.6) is 0 Å². The summed E-state index contributed by atoms with van der Waals surface area (Å²) in [7, 11) is 0. The highest BCUT2D eigenvalue weighted by Gasteiger charge is 2.22. The number of carbonyl (C=O) groups is 3. The van der Waals surface area contributed by atoms with Gasteiger partial charge < -0.3 is 19.8 Å². The number of nitrogens with one attached hydrogen (secondary N) is 2. The summed E-state index contributed by atoms with van der Waals surface area (Å²) in [6.45, 7) is 5.45. The first kappa shape index (κ1) is 22.0. The van der Waals surface area contributed by atoms with Gasteiger partial charge in [-0.05, 0) is 31.0 Å². The van der Waals surface area contributed by atoms with Gasteiger partial charge in [-0.2, -0.15) is 0 Å². The number of ether oxygens (including phenoxy) is 1. The lowest BCUT2D eigenvalue weighted by Gasteiger charge is -2.12.